The Bertz CT molecular complexity index is 455. The van der Waals surface area contributed by atoms with E-state index < -0.39 is 24.1 Å². The van der Waals surface area contributed by atoms with E-state index in [1.807, 2.05) is 0 Å². The SMILES string of the molecule is Fc1cnc(NC2CCOC(C(F)(F)F)C2)c(Br)c1. The Kier molecular flexibility index (Phi) is 4.29. The van der Waals surface area contributed by atoms with Crippen LogP contribution in [0, 0.1) is 5.82 Å². The van der Waals surface area contributed by atoms with Gasteiger partial charge in [0, 0.05) is 19.1 Å². The molecule has 0 radical (unpaired) electrons. The molecule has 0 aliphatic carbocycles. The van der Waals surface area contributed by atoms with Gasteiger partial charge in [0.2, 0.25) is 0 Å². The number of aromatic nitrogens is 1. The Labute approximate surface area is 115 Å². The van der Waals surface area contributed by atoms with Gasteiger partial charge in [0.15, 0.2) is 6.10 Å². The molecule has 1 aromatic rings. The van der Waals surface area contributed by atoms with Crippen LogP contribution in [0.1, 0.15) is 12.8 Å². The Morgan fingerprint density at radius 1 is 1.42 bits per heavy atom. The van der Waals surface area contributed by atoms with E-state index in [1.165, 1.54) is 6.07 Å². The summed E-state index contributed by atoms with van der Waals surface area (Å²) in [6.07, 6.45) is -4.87. The minimum Gasteiger partial charge on any atom is -0.369 e. The van der Waals surface area contributed by atoms with Gasteiger partial charge in [0.1, 0.15) is 11.6 Å². The average molecular weight is 343 g/mol. The van der Waals surface area contributed by atoms with E-state index in [9.17, 15) is 17.6 Å². The summed E-state index contributed by atoms with van der Waals surface area (Å²) in [4.78, 5) is 3.80. The van der Waals surface area contributed by atoms with Crippen LogP contribution < -0.4 is 5.32 Å². The molecule has 106 valence electrons. The molecule has 0 amide bonds. The van der Waals surface area contributed by atoms with Crippen molar-refractivity contribution < 1.29 is 22.3 Å². The molecule has 2 atom stereocenters. The number of rotatable bonds is 2. The van der Waals surface area contributed by atoms with E-state index in [4.69, 9.17) is 4.74 Å². The summed E-state index contributed by atoms with van der Waals surface area (Å²) in [5, 5.41) is 2.87. The minimum absolute atomic E-state index is 0.0284. The van der Waals surface area contributed by atoms with E-state index in [0.717, 1.165) is 6.20 Å². The summed E-state index contributed by atoms with van der Waals surface area (Å²) in [5.74, 6) is -0.188. The average Bonchev–Trinajstić information content (AvgIpc) is 2.32. The van der Waals surface area contributed by atoms with Gasteiger partial charge in [-0.1, -0.05) is 0 Å². The van der Waals surface area contributed by atoms with Crippen LogP contribution in [-0.2, 0) is 4.74 Å². The molecule has 3 nitrogen and oxygen atoms in total. The van der Waals surface area contributed by atoms with Gasteiger partial charge in [-0.25, -0.2) is 9.37 Å². The number of halogens is 5. The molecule has 0 bridgehead atoms. The zero-order chi connectivity index (χ0) is 14.0. The van der Waals surface area contributed by atoms with Gasteiger partial charge < -0.3 is 10.1 Å². The van der Waals surface area contributed by atoms with Gasteiger partial charge in [-0.3, -0.25) is 0 Å². The summed E-state index contributed by atoms with van der Waals surface area (Å²) in [5.41, 5.74) is 0. The lowest BCUT2D eigenvalue weighted by Crippen LogP contribution is -2.42. The number of alkyl halides is 3. The maximum Gasteiger partial charge on any atom is 0.414 e. The Morgan fingerprint density at radius 3 is 2.79 bits per heavy atom. The third-order valence-corrected chi connectivity index (χ3v) is 3.40. The number of pyridine rings is 1. The molecule has 1 aliphatic rings. The predicted molar refractivity (Wildman–Crippen MR) is 64.3 cm³/mol. The summed E-state index contributed by atoms with van der Waals surface area (Å²) in [7, 11) is 0. The molecule has 1 fully saturated rings. The molecule has 1 saturated heterocycles. The van der Waals surface area contributed by atoms with E-state index in [-0.39, 0.29) is 13.0 Å². The highest BCUT2D eigenvalue weighted by molar-refractivity contribution is 9.10. The van der Waals surface area contributed by atoms with Gasteiger partial charge in [-0.15, -0.1) is 0 Å². The molecule has 8 heteroatoms. The number of hydrogen-bond acceptors (Lipinski definition) is 3. The van der Waals surface area contributed by atoms with Crippen LogP contribution in [0.15, 0.2) is 16.7 Å². The second kappa shape index (κ2) is 5.62. The lowest BCUT2D eigenvalue weighted by atomic mass is 10.0. The van der Waals surface area contributed by atoms with Gasteiger partial charge in [-0.05, 0) is 28.4 Å². The molecule has 2 rings (SSSR count). The quantitative estimate of drug-likeness (QED) is 0.835. The van der Waals surface area contributed by atoms with Crippen LogP contribution in [0.5, 0.6) is 0 Å². The van der Waals surface area contributed by atoms with Gasteiger partial charge in [-0.2, -0.15) is 13.2 Å². The molecular weight excluding hydrogens is 332 g/mol. The highest BCUT2D eigenvalue weighted by atomic mass is 79.9. The highest BCUT2D eigenvalue weighted by Crippen LogP contribution is 2.31. The van der Waals surface area contributed by atoms with Crippen LogP contribution in [0.3, 0.4) is 0 Å². The van der Waals surface area contributed by atoms with E-state index in [1.54, 1.807) is 0 Å². The first-order valence-corrected chi connectivity index (χ1v) is 6.41. The molecule has 0 saturated carbocycles. The van der Waals surface area contributed by atoms with Crippen molar-refractivity contribution in [1.82, 2.24) is 4.98 Å². The van der Waals surface area contributed by atoms with Crippen LogP contribution in [0.2, 0.25) is 0 Å². The first kappa shape index (κ1) is 14.5. The lowest BCUT2D eigenvalue weighted by molar-refractivity contribution is -0.230. The minimum atomic E-state index is -4.37. The van der Waals surface area contributed by atoms with Gasteiger partial charge >= 0.3 is 6.18 Å². The number of ether oxygens (including phenoxy) is 1. The number of hydrogen-bond donors (Lipinski definition) is 1. The maximum atomic E-state index is 12.9. The monoisotopic (exact) mass is 342 g/mol. The molecule has 0 aromatic carbocycles. The van der Waals surface area contributed by atoms with Crippen molar-refractivity contribution in [1.29, 1.82) is 0 Å². The van der Waals surface area contributed by atoms with Crippen molar-refractivity contribution in [2.75, 3.05) is 11.9 Å². The Hall–Kier alpha value is -0.890. The molecule has 19 heavy (non-hydrogen) atoms. The Morgan fingerprint density at radius 2 is 2.16 bits per heavy atom. The zero-order valence-electron chi connectivity index (χ0n) is 9.68. The number of anilines is 1. The van der Waals surface area contributed by atoms with Gasteiger partial charge in [0.05, 0.1) is 10.7 Å². The van der Waals surface area contributed by atoms with E-state index in [0.29, 0.717) is 16.7 Å². The molecule has 0 spiro atoms. The van der Waals surface area contributed by atoms with Crippen molar-refractivity contribution in [3.05, 3.63) is 22.6 Å². The van der Waals surface area contributed by atoms with Crippen molar-refractivity contribution in [3.8, 4) is 0 Å². The maximum absolute atomic E-state index is 12.9. The van der Waals surface area contributed by atoms with Crippen LogP contribution in [0.25, 0.3) is 0 Å². The zero-order valence-corrected chi connectivity index (χ0v) is 11.3. The number of nitrogens with zero attached hydrogens (tertiary/aromatic N) is 1. The topological polar surface area (TPSA) is 34.2 Å². The van der Waals surface area contributed by atoms with Gasteiger partial charge in [0.25, 0.3) is 0 Å². The van der Waals surface area contributed by atoms with E-state index >= 15 is 0 Å². The van der Waals surface area contributed by atoms with Crippen molar-refractivity contribution in [3.63, 3.8) is 0 Å². The van der Waals surface area contributed by atoms with Crippen LogP contribution >= 0.6 is 15.9 Å². The molecular formula is C11H11BrF4N2O. The fourth-order valence-electron chi connectivity index (χ4n) is 1.87. The first-order valence-electron chi connectivity index (χ1n) is 5.62. The Balaban J connectivity index is 2.03. The summed E-state index contributed by atoms with van der Waals surface area (Å²) < 4.78 is 55.6. The van der Waals surface area contributed by atoms with Crippen LogP contribution in [0.4, 0.5) is 23.4 Å². The lowest BCUT2D eigenvalue weighted by Gasteiger charge is -2.31. The second-order valence-corrected chi connectivity index (χ2v) is 5.10. The predicted octanol–water partition coefficient (Wildman–Crippen LogP) is 3.51. The van der Waals surface area contributed by atoms with E-state index in [2.05, 4.69) is 26.2 Å². The highest BCUT2D eigenvalue weighted by Gasteiger charge is 2.43. The summed E-state index contributed by atoms with van der Waals surface area (Å²) in [6.45, 7) is 0.0284. The fourth-order valence-corrected chi connectivity index (χ4v) is 2.31. The third kappa shape index (κ3) is 3.79. The second-order valence-electron chi connectivity index (χ2n) is 4.25. The molecule has 1 aromatic heterocycles. The standard InChI is InChI=1S/C11H11BrF4N2O/c12-8-3-6(13)5-17-10(8)18-7-1-2-19-9(4-7)11(14,15)16/h3,5,7,9H,1-2,4H2,(H,17,18). The fraction of sp³-hybridized carbons (Fsp3) is 0.545. The molecule has 1 N–H and O–H groups in total. The largest absolute Gasteiger partial charge is 0.414 e. The van der Waals surface area contributed by atoms with Crippen molar-refractivity contribution >= 4 is 21.7 Å². The smallest absolute Gasteiger partial charge is 0.369 e. The number of nitrogens with one attached hydrogen (secondary N) is 1. The summed E-state index contributed by atoms with van der Waals surface area (Å²) >= 11 is 3.11. The first-order chi connectivity index (χ1) is 8.86. The normalized spacial score (nSPS) is 24.3. The molecule has 2 heterocycles. The third-order valence-electron chi connectivity index (χ3n) is 2.80. The van der Waals surface area contributed by atoms with Crippen molar-refractivity contribution in [2.45, 2.75) is 31.2 Å². The van der Waals surface area contributed by atoms with Crippen LogP contribution in [-0.4, -0.2) is 29.9 Å². The van der Waals surface area contributed by atoms with Crippen molar-refractivity contribution in [2.24, 2.45) is 0 Å². The molecule has 1 aliphatic heterocycles. The summed E-state index contributed by atoms with van der Waals surface area (Å²) in [6, 6.07) is 0.797. The molecule has 2 unspecified atom stereocenters.